The van der Waals surface area contributed by atoms with Crippen LogP contribution in [0.15, 0.2) is 34.9 Å². The normalized spacial score (nSPS) is 35.2. The smallest absolute Gasteiger partial charge is 0.310 e. The maximum Gasteiger partial charge on any atom is 0.310 e. The van der Waals surface area contributed by atoms with Crippen LogP contribution < -0.4 is 25.0 Å². The molecule has 7 rings (SSSR count). The molecule has 87 heavy (non-hydrogen) atoms. The Labute approximate surface area is 532 Å². The Morgan fingerprint density at radius 2 is 1.62 bits per heavy atom. The third-order valence-corrected chi connectivity index (χ3v) is 21.1. The third-order valence-electron chi connectivity index (χ3n) is 15.4. The minimum atomic E-state index is -2.09. The molecule has 28 heteroatoms. The first-order valence-electron chi connectivity index (χ1n) is 28.2. The van der Waals surface area contributed by atoms with E-state index in [1.807, 2.05) is 29.5 Å². The summed E-state index contributed by atoms with van der Waals surface area (Å²) in [5.74, 6) is 10.5. The highest BCUT2D eigenvalue weighted by atomic mass is 127. The molecule has 0 radical (unpaired) electrons. The van der Waals surface area contributed by atoms with Crippen molar-refractivity contribution in [2.24, 2.45) is 0 Å². The number of hydrogen-bond acceptors (Lipinski definition) is 27. The Bertz CT molecular complexity index is 2890. The number of benzene rings is 1. The molecule has 0 spiro atoms. The number of thioether (sulfide) groups is 1. The van der Waals surface area contributed by atoms with Gasteiger partial charge in [0.05, 0.1) is 104 Å². The second kappa shape index (κ2) is 31.6. The highest BCUT2D eigenvalue weighted by molar-refractivity contribution is 14.1. The lowest BCUT2D eigenvalue weighted by Gasteiger charge is -2.46. The van der Waals surface area contributed by atoms with Crippen LogP contribution in [-0.2, 0) is 57.1 Å². The van der Waals surface area contributed by atoms with Crippen LogP contribution in [0.5, 0.6) is 17.2 Å². The van der Waals surface area contributed by atoms with Gasteiger partial charge in [-0.15, -0.1) is 0 Å². The molecule has 4 aliphatic heterocycles. The second-order valence-corrected chi connectivity index (χ2v) is 27.0. The molecule has 4 heterocycles. The fourth-order valence-electron chi connectivity index (χ4n) is 10.8. The first-order valence-corrected chi connectivity index (χ1v) is 32.5. The van der Waals surface area contributed by atoms with Gasteiger partial charge in [-0.25, -0.2) is 0 Å². The van der Waals surface area contributed by atoms with E-state index >= 15 is 0 Å². The number of ketones is 1. The number of hydrogen-bond donors (Lipinski definition) is 7. The molecule has 0 unspecified atom stereocenters. The highest BCUT2D eigenvalue weighted by Crippen LogP contribution is 2.49. The van der Waals surface area contributed by atoms with Crippen molar-refractivity contribution in [1.82, 2.24) is 10.8 Å². The first kappa shape index (κ1) is 70.9. The molecule has 2 bridgehead atoms. The van der Waals surface area contributed by atoms with Gasteiger partial charge in [0.25, 0.3) is 0 Å². The lowest BCUT2D eigenvalue weighted by Crippen LogP contribution is -2.65. The van der Waals surface area contributed by atoms with Crippen molar-refractivity contribution >= 4 is 72.8 Å². The number of hydroxylamine groups is 1. The van der Waals surface area contributed by atoms with Gasteiger partial charge in [-0.1, -0.05) is 70.0 Å². The average Bonchev–Trinajstić information content (AvgIpc) is 0.827. The molecule has 4 fully saturated rings. The van der Waals surface area contributed by atoms with Gasteiger partial charge in [0, 0.05) is 49.5 Å². The van der Waals surface area contributed by atoms with Crippen molar-refractivity contribution in [3.05, 3.63) is 49.6 Å². The van der Waals surface area contributed by atoms with Crippen LogP contribution in [0.1, 0.15) is 83.1 Å². The van der Waals surface area contributed by atoms with Gasteiger partial charge in [0.15, 0.2) is 41.8 Å². The molecule has 1 aromatic rings. The molecule has 7 N–H and O–H groups in total. The topological polar surface area (TPSA) is 320 Å². The van der Waals surface area contributed by atoms with Crippen LogP contribution in [-0.4, -0.2) is 217 Å². The van der Waals surface area contributed by atoms with Crippen LogP contribution in [0, 0.1) is 45.5 Å². The van der Waals surface area contributed by atoms with Crippen LogP contribution >= 0.6 is 55.9 Å². The van der Waals surface area contributed by atoms with Crippen LogP contribution in [0.3, 0.4) is 0 Å². The van der Waals surface area contributed by atoms with Gasteiger partial charge in [-0.3, -0.25) is 19.2 Å². The Kier molecular flexibility index (Phi) is 25.8. The Balaban J connectivity index is 1.13. The zero-order chi connectivity index (χ0) is 63.7. The molecular formula is C59H78IN3O21S3. The lowest BCUT2D eigenvalue weighted by molar-refractivity contribution is -0.336. The summed E-state index contributed by atoms with van der Waals surface area (Å²) >= 11 is 2.82. The summed E-state index contributed by atoms with van der Waals surface area (Å²) in [5.41, 5.74) is 1.49. The number of ether oxygens (including phenoxy) is 12. The minimum absolute atomic E-state index is 0.0215. The summed E-state index contributed by atoms with van der Waals surface area (Å²) in [6.45, 7) is 12.9. The number of rotatable bonds is 23. The van der Waals surface area contributed by atoms with E-state index < -0.39 is 138 Å². The molecule has 0 aromatic heterocycles. The number of fused-ring (bicyclic) bond motifs is 2. The number of nitrogens with one attached hydrogen (secondary N) is 2. The fraction of sp³-hybridized carbons (Fsp3) is 0.661. The van der Waals surface area contributed by atoms with E-state index in [1.165, 1.54) is 62.2 Å². The van der Waals surface area contributed by atoms with Gasteiger partial charge < -0.3 is 87.7 Å². The predicted molar refractivity (Wildman–Crippen MR) is 327 cm³/mol. The van der Waals surface area contributed by atoms with Crippen molar-refractivity contribution in [1.29, 1.82) is 5.26 Å². The molecule has 4 saturated heterocycles. The molecule has 2 aliphatic carbocycles. The zero-order valence-electron chi connectivity index (χ0n) is 50.4. The van der Waals surface area contributed by atoms with Crippen molar-refractivity contribution in [2.75, 3.05) is 54.5 Å². The molecule has 24 nitrogen and oxygen atoms in total. The molecule has 1 aromatic carbocycles. The number of esters is 1. The number of methoxy groups -OCH3 is 5. The number of likely N-dealkylation sites (N-methyl/N-ethyl adjacent to an activating group) is 1. The summed E-state index contributed by atoms with van der Waals surface area (Å²) < 4.78 is 72.0. The number of carbonyl (C=O) groups is 3. The molecule has 0 amide bonds. The largest absolute Gasteiger partial charge is 0.492 e. The van der Waals surface area contributed by atoms with Gasteiger partial charge in [0.2, 0.25) is 17.2 Å². The standard InChI is InChI=1S/C59H78IN3O21S3/c1-13-62-34-26-77-40(24-38(34)72-8)82-52-47(68)45(29(3)79-57(52)81-37-18-16-14-15-17-20-59(71)25-36(65)32(22-39(66)73-9)43(37)33(59)19-21-85-87-58(6,7)27-61)63-84-41-23-35(64)54(31(5)78-41)86-55(70)42-28(2)44(60)50(53(76-12)49(42)74-10)83-56-48(69)51(75-11)46(67)30(4)80-56/h14-15,19,29-31,34-35,37-38,40-41,45-48,51-52,54,56-57,62-64,67-69,71H,13,21-26H2,1-12H3/b15-14-,33-19+/t29-,30+,31-,34+,35+,37+,38+,40+,41+,45-,46+,47+,48-,51-,52-,54-,56+,57+,59+/m1/s1. The van der Waals surface area contributed by atoms with E-state index in [1.54, 1.807) is 54.7 Å². The SMILES string of the molecule is CCN[C@H]1CO[C@@H](O[C@H]2[C@H](O[C@H]3C#C/C=C\C#C[C@]4(O)CC(=O)C(CC(=O)OC)=C3/C4=C\CSSC(C)(C)C#N)O[C@H](C)[C@@H](NO[C@H]3C[C@H](O)[C@H](SC(=O)c4c(C)c(I)c(O[C@@H]5O[C@@H](C)[C@H](O)[C@@H](OC)[C@H]5O)c(OC)c4OC)[C@@H](C)O3)[C@@H]2O)C[C@@H]1OC. The van der Waals surface area contributed by atoms with E-state index in [2.05, 4.69) is 40.5 Å². The summed E-state index contributed by atoms with van der Waals surface area (Å²) in [6, 6.07) is 0.952. The number of Topliss-reactive ketones (excluding diaryl/α,β-unsaturated/α-hetero) is 1. The van der Waals surface area contributed by atoms with Gasteiger partial charge >= 0.3 is 5.97 Å². The Hall–Kier alpha value is -3.60. The van der Waals surface area contributed by atoms with Crippen LogP contribution in [0.2, 0.25) is 0 Å². The highest BCUT2D eigenvalue weighted by Gasteiger charge is 2.52. The van der Waals surface area contributed by atoms with Gasteiger partial charge in [-0.05, 0) is 88.4 Å². The maximum absolute atomic E-state index is 14.5. The Morgan fingerprint density at radius 3 is 2.28 bits per heavy atom. The van der Waals surface area contributed by atoms with Crippen molar-refractivity contribution in [3.8, 4) is 47.0 Å². The van der Waals surface area contributed by atoms with Crippen molar-refractivity contribution in [2.45, 2.75) is 194 Å². The fourth-order valence-corrected chi connectivity index (χ4v) is 14.6. The minimum Gasteiger partial charge on any atom is -0.492 e. The van der Waals surface area contributed by atoms with E-state index in [0.29, 0.717) is 15.7 Å². The number of allylic oxidation sites excluding steroid dienone is 2. The number of nitrogens with zero attached hydrogens (tertiary/aromatic N) is 1. The second-order valence-electron chi connectivity index (χ2n) is 21.8. The number of carbonyl (C=O) groups excluding carboxylic acids is 3. The lowest BCUT2D eigenvalue weighted by atomic mass is 9.72. The van der Waals surface area contributed by atoms with E-state index in [4.69, 9.17) is 61.7 Å². The summed E-state index contributed by atoms with van der Waals surface area (Å²) in [7, 11) is 9.45. The van der Waals surface area contributed by atoms with Crippen molar-refractivity contribution in [3.63, 3.8) is 0 Å². The zero-order valence-corrected chi connectivity index (χ0v) is 55.0. The number of aliphatic hydroxyl groups excluding tert-OH is 4. The summed E-state index contributed by atoms with van der Waals surface area (Å²) in [5, 5.41) is 70.1. The van der Waals surface area contributed by atoms with Gasteiger partial charge in [0.1, 0.15) is 41.4 Å². The molecule has 19 atom stereocenters. The van der Waals surface area contributed by atoms with Crippen LogP contribution in [0.4, 0.5) is 0 Å². The molecule has 6 aliphatic rings. The first-order chi connectivity index (χ1) is 41.4. The van der Waals surface area contributed by atoms with E-state index in [9.17, 15) is 45.2 Å². The monoisotopic (exact) mass is 1390 g/mol. The van der Waals surface area contributed by atoms with E-state index in [-0.39, 0.29) is 76.9 Å². The van der Waals surface area contributed by atoms with Crippen LogP contribution in [0.25, 0.3) is 0 Å². The number of nitriles is 1. The maximum atomic E-state index is 14.5. The quantitative estimate of drug-likeness (QED) is 0.0206. The number of aliphatic hydroxyl groups is 5. The average molecular weight is 1390 g/mol. The third kappa shape index (κ3) is 16.5. The Morgan fingerprint density at radius 1 is 0.908 bits per heavy atom. The molecule has 480 valence electrons. The van der Waals surface area contributed by atoms with Crippen molar-refractivity contribution < 1.29 is 102 Å². The molecule has 0 saturated carbocycles. The summed E-state index contributed by atoms with van der Waals surface area (Å²) in [4.78, 5) is 47.9. The summed E-state index contributed by atoms with van der Waals surface area (Å²) in [6.07, 6.45) is -13.5. The van der Waals surface area contributed by atoms with E-state index in [0.717, 1.165) is 11.8 Å². The predicted octanol–water partition coefficient (Wildman–Crippen LogP) is 3.47. The van der Waals surface area contributed by atoms with Gasteiger partial charge in [-0.2, -0.15) is 10.7 Å². The molecular weight excluding hydrogens is 1310 g/mol. The number of halogens is 1.